The number of rotatable bonds is 11. The molecule has 4 heterocycles. The summed E-state index contributed by atoms with van der Waals surface area (Å²) in [7, 11) is 0. The average Bonchev–Trinajstić information content (AvgIpc) is 3.78. The van der Waals surface area contributed by atoms with Gasteiger partial charge in [0.1, 0.15) is 6.33 Å². The van der Waals surface area contributed by atoms with Gasteiger partial charge >= 0.3 is 11.9 Å². The number of nitrogens with one attached hydrogen (secondary N) is 2. The monoisotopic (exact) mass is 667 g/mol. The topological polar surface area (TPSA) is 232 Å². The van der Waals surface area contributed by atoms with Crippen LogP contribution in [0.4, 0.5) is 11.4 Å². The van der Waals surface area contributed by atoms with E-state index in [0.717, 1.165) is 4.63 Å². The Kier molecular flexibility index (Phi) is 8.75. The Morgan fingerprint density at radius 3 is 2.25 bits per heavy atom. The van der Waals surface area contributed by atoms with Crippen LogP contribution in [0, 0.1) is 0 Å². The molecule has 0 bridgehead atoms. The summed E-state index contributed by atoms with van der Waals surface area (Å²) >= 11 is 6.43. The Hall–Kier alpha value is -6.62. The highest BCUT2D eigenvalue weighted by Gasteiger charge is 2.19. The van der Waals surface area contributed by atoms with Crippen molar-refractivity contribution < 1.29 is 29.4 Å². The maximum atomic E-state index is 12.9. The quantitative estimate of drug-likeness (QED) is 0.156. The summed E-state index contributed by atoms with van der Waals surface area (Å²) in [6, 6.07) is 13.3. The number of aromatic nitrogens is 9. The normalized spacial score (nSPS) is 10.9. The second-order valence-electron chi connectivity index (χ2n) is 10.2. The van der Waals surface area contributed by atoms with Gasteiger partial charge in [0.2, 0.25) is 0 Å². The van der Waals surface area contributed by atoms with Gasteiger partial charge in [-0.15, -0.1) is 25.0 Å². The molecule has 0 atom stereocenters. The van der Waals surface area contributed by atoms with E-state index in [4.69, 9.17) is 11.6 Å². The van der Waals surface area contributed by atoms with E-state index in [0.29, 0.717) is 41.9 Å². The van der Waals surface area contributed by atoms with Gasteiger partial charge in [-0.25, -0.2) is 14.6 Å². The fraction of sp³-hybridized carbons (Fsp3) is 0.100. The molecule has 4 N–H and O–H groups in total. The predicted octanol–water partition coefficient (Wildman–Crippen LogP) is 3.22. The van der Waals surface area contributed by atoms with E-state index in [1.807, 2.05) is 0 Å². The van der Waals surface area contributed by atoms with Gasteiger partial charge in [-0.05, 0) is 89.3 Å². The fourth-order valence-electron chi connectivity index (χ4n) is 4.73. The van der Waals surface area contributed by atoms with Crippen molar-refractivity contribution in [3.05, 3.63) is 112 Å². The minimum absolute atomic E-state index is 0.0162. The number of aromatic carboxylic acids is 2. The lowest BCUT2D eigenvalue weighted by Crippen LogP contribution is -2.18. The molecule has 0 aliphatic carbocycles. The lowest BCUT2D eigenvalue weighted by molar-refractivity contribution is 0.0687. The number of benzene rings is 2. The smallest absolute Gasteiger partial charge is 0.337 e. The Bertz CT molecular complexity index is 2190. The molecule has 0 saturated carbocycles. The van der Waals surface area contributed by atoms with Crippen LogP contribution in [0.15, 0.2) is 73.3 Å². The molecule has 4 aromatic heterocycles. The SMILES string of the molecule is O=C(Nc1cc(CCCc2cc(NC(=O)c3ccc4nnnn4n3)c(C(=O)O)cc2Cl)ccc1C(=O)O)c1ccc(-n2ccnc2)nn1. The number of hydrogen-bond donors (Lipinski definition) is 4. The minimum Gasteiger partial charge on any atom is -0.478 e. The van der Waals surface area contributed by atoms with E-state index in [1.165, 1.54) is 42.7 Å². The van der Waals surface area contributed by atoms with Gasteiger partial charge in [0.05, 0.1) is 22.5 Å². The number of carbonyl (C=O) groups is 4. The molecule has 0 saturated heterocycles. The Balaban J connectivity index is 1.15. The zero-order valence-corrected chi connectivity index (χ0v) is 25.2. The fourth-order valence-corrected chi connectivity index (χ4v) is 4.99. The highest BCUT2D eigenvalue weighted by Crippen LogP contribution is 2.28. The van der Waals surface area contributed by atoms with Crippen LogP contribution in [-0.2, 0) is 12.8 Å². The first kappa shape index (κ1) is 31.4. The number of carboxylic acid groups (broad SMARTS) is 2. The molecule has 2 amide bonds. The molecule has 6 rings (SSSR count). The number of anilines is 2. The molecular weight excluding hydrogens is 646 g/mol. The molecule has 0 unspecified atom stereocenters. The van der Waals surface area contributed by atoms with Crippen molar-refractivity contribution in [1.82, 2.24) is 45.0 Å². The first-order valence-electron chi connectivity index (χ1n) is 14.1. The van der Waals surface area contributed by atoms with E-state index in [-0.39, 0.29) is 38.9 Å². The van der Waals surface area contributed by atoms with Crippen molar-refractivity contribution in [2.75, 3.05) is 10.6 Å². The van der Waals surface area contributed by atoms with Gasteiger partial charge in [0.15, 0.2) is 22.9 Å². The molecule has 0 fully saturated rings. The average molecular weight is 668 g/mol. The van der Waals surface area contributed by atoms with Crippen LogP contribution in [0.25, 0.3) is 11.5 Å². The summed E-state index contributed by atoms with van der Waals surface area (Å²) in [6.45, 7) is 0. The number of tetrazole rings is 1. The highest BCUT2D eigenvalue weighted by atomic mass is 35.5. The van der Waals surface area contributed by atoms with Crippen molar-refractivity contribution >= 4 is 52.4 Å². The van der Waals surface area contributed by atoms with Crippen LogP contribution in [0.2, 0.25) is 5.02 Å². The minimum atomic E-state index is -1.30. The lowest BCUT2D eigenvalue weighted by atomic mass is 10.00. The molecule has 2 aromatic carbocycles. The maximum Gasteiger partial charge on any atom is 0.337 e. The number of fused-ring (bicyclic) bond motifs is 1. The number of aryl methyl sites for hydroxylation is 2. The van der Waals surface area contributed by atoms with Crippen LogP contribution in [-0.4, -0.2) is 79.0 Å². The zero-order chi connectivity index (χ0) is 33.8. The van der Waals surface area contributed by atoms with Gasteiger partial charge in [0.25, 0.3) is 11.8 Å². The molecular formula is C30H22ClN11O6. The van der Waals surface area contributed by atoms with E-state index in [1.54, 1.807) is 35.2 Å². The maximum absolute atomic E-state index is 12.9. The largest absolute Gasteiger partial charge is 0.478 e. The predicted molar refractivity (Wildman–Crippen MR) is 167 cm³/mol. The second kappa shape index (κ2) is 13.4. The summed E-state index contributed by atoms with van der Waals surface area (Å²) in [4.78, 5) is 53.6. The van der Waals surface area contributed by atoms with Gasteiger partial charge in [0, 0.05) is 17.4 Å². The van der Waals surface area contributed by atoms with Crippen LogP contribution in [0.1, 0.15) is 59.2 Å². The molecule has 0 radical (unpaired) electrons. The third kappa shape index (κ3) is 6.80. The van der Waals surface area contributed by atoms with Gasteiger partial charge in [-0.2, -0.15) is 0 Å². The van der Waals surface area contributed by atoms with E-state index >= 15 is 0 Å². The molecule has 240 valence electrons. The van der Waals surface area contributed by atoms with Crippen molar-refractivity contribution in [1.29, 1.82) is 0 Å². The zero-order valence-electron chi connectivity index (χ0n) is 24.5. The number of carbonyl (C=O) groups excluding carboxylic acids is 2. The number of imidazole rings is 1. The number of halogens is 1. The second-order valence-corrected chi connectivity index (χ2v) is 10.6. The Labute approximate surface area is 274 Å². The Morgan fingerprint density at radius 1 is 0.792 bits per heavy atom. The third-order valence-corrected chi connectivity index (χ3v) is 7.45. The van der Waals surface area contributed by atoms with Gasteiger partial charge in [-0.3, -0.25) is 14.2 Å². The van der Waals surface area contributed by atoms with Crippen LogP contribution < -0.4 is 10.6 Å². The first-order chi connectivity index (χ1) is 23.2. The number of nitrogens with zero attached hydrogens (tertiary/aromatic N) is 9. The molecule has 0 aliphatic heterocycles. The summed E-state index contributed by atoms with van der Waals surface area (Å²) < 4.78 is 2.68. The summed E-state index contributed by atoms with van der Waals surface area (Å²) in [6.07, 6.45) is 6.09. The van der Waals surface area contributed by atoms with Crippen LogP contribution >= 0.6 is 11.6 Å². The number of amides is 2. The van der Waals surface area contributed by atoms with E-state index in [9.17, 15) is 29.4 Å². The van der Waals surface area contributed by atoms with Crippen molar-refractivity contribution in [3.63, 3.8) is 0 Å². The van der Waals surface area contributed by atoms with Crippen molar-refractivity contribution in [2.24, 2.45) is 0 Å². The number of carboxylic acids is 2. The number of hydrogen-bond acceptors (Lipinski definition) is 11. The molecule has 18 heteroatoms. The molecule has 0 aliphatic rings. The van der Waals surface area contributed by atoms with E-state index in [2.05, 4.69) is 46.4 Å². The van der Waals surface area contributed by atoms with Crippen molar-refractivity contribution in [3.8, 4) is 5.82 Å². The first-order valence-corrected chi connectivity index (χ1v) is 14.5. The van der Waals surface area contributed by atoms with E-state index < -0.39 is 23.8 Å². The van der Waals surface area contributed by atoms with Gasteiger partial charge in [-0.1, -0.05) is 17.7 Å². The lowest BCUT2D eigenvalue weighted by Gasteiger charge is -2.13. The third-order valence-electron chi connectivity index (χ3n) is 7.09. The molecule has 0 spiro atoms. The molecule has 17 nitrogen and oxygen atoms in total. The summed E-state index contributed by atoms with van der Waals surface area (Å²) in [5, 5.41) is 47.6. The van der Waals surface area contributed by atoms with Gasteiger partial charge < -0.3 is 20.8 Å². The molecule has 6 aromatic rings. The standard InChI is InChI=1S/C30H22ClN11O6/c31-20-14-19(30(47)48)24(34-28(44)22-7-9-26-37-39-40-42(26)38-22)13-17(20)3-1-2-16-4-5-18(29(45)46)23(12-16)33-27(43)21-6-8-25(36-35-21)41-11-10-32-15-41/h4-15H,1-3H2,(H,33,43)(H,34,44)(H,45,46)(H,47,48). The van der Waals surface area contributed by atoms with Crippen LogP contribution in [0.3, 0.4) is 0 Å². The highest BCUT2D eigenvalue weighted by molar-refractivity contribution is 6.32. The summed E-state index contributed by atoms with van der Waals surface area (Å²) in [5.41, 5.74) is 1.30. The summed E-state index contributed by atoms with van der Waals surface area (Å²) in [5.74, 6) is -3.41. The van der Waals surface area contributed by atoms with Crippen molar-refractivity contribution in [2.45, 2.75) is 19.3 Å². The Morgan fingerprint density at radius 2 is 1.54 bits per heavy atom. The van der Waals surface area contributed by atoms with Crippen LogP contribution in [0.5, 0.6) is 0 Å². The molecule has 48 heavy (non-hydrogen) atoms.